The first-order chi connectivity index (χ1) is 16.5. The van der Waals surface area contributed by atoms with E-state index in [1.165, 1.54) is 4.31 Å². The van der Waals surface area contributed by atoms with Gasteiger partial charge in [-0.15, -0.1) is 0 Å². The minimum absolute atomic E-state index is 0.162. The standard InChI is InChI=1S/C26H24N2O5S/c1-31-22-7-9-23(10-8-22)34(29,30)28-11-12-33-26-21(17-28)14-19(15-25(26)32-2)20-13-18-5-3-4-6-24(18)27-16-20/h3-10,13-16H,11-12,17H2,1-2H3. The maximum absolute atomic E-state index is 13.4. The number of ether oxygens (including phenoxy) is 3. The Morgan fingerprint density at radius 2 is 1.74 bits per heavy atom. The average Bonchev–Trinajstić information content (AvgIpc) is 3.11. The van der Waals surface area contributed by atoms with Crippen molar-refractivity contribution in [3.8, 4) is 28.4 Å². The highest BCUT2D eigenvalue weighted by Gasteiger charge is 2.29. The van der Waals surface area contributed by atoms with Crippen LogP contribution in [-0.2, 0) is 16.6 Å². The topological polar surface area (TPSA) is 78.0 Å². The number of benzene rings is 3. The number of nitrogens with zero attached hydrogens (tertiary/aromatic N) is 2. The Kier molecular flexibility index (Phi) is 5.85. The summed E-state index contributed by atoms with van der Waals surface area (Å²) in [5, 5.41) is 1.02. The van der Waals surface area contributed by atoms with Gasteiger partial charge in [0.25, 0.3) is 0 Å². The van der Waals surface area contributed by atoms with Crippen LogP contribution in [0.3, 0.4) is 0 Å². The van der Waals surface area contributed by atoms with Gasteiger partial charge in [0.1, 0.15) is 12.4 Å². The first kappa shape index (κ1) is 22.2. The highest BCUT2D eigenvalue weighted by molar-refractivity contribution is 7.89. The van der Waals surface area contributed by atoms with E-state index >= 15 is 0 Å². The predicted molar refractivity (Wildman–Crippen MR) is 130 cm³/mol. The molecule has 174 valence electrons. The predicted octanol–water partition coefficient (Wildman–Crippen LogP) is 4.50. The van der Waals surface area contributed by atoms with Crippen molar-refractivity contribution in [2.45, 2.75) is 11.4 Å². The second-order valence-electron chi connectivity index (χ2n) is 7.95. The van der Waals surface area contributed by atoms with Gasteiger partial charge in [0, 0.05) is 35.8 Å². The number of rotatable bonds is 5. The summed E-state index contributed by atoms with van der Waals surface area (Å²) in [6.07, 6.45) is 1.81. The zero-order chi connectivity index (χ0) is 23.7. The van der Waals surface area contributed by atoms with Crippen molar-refractivity contribution in [1.82, 2.24) is 9.29 Å². The Labute approximate surface area is 198 Å². The van der Waals surface area contributed by atoms with E-state index in [0.29, 0.717) is 17.2 Å². The lowest BCUT2D eigenvalue weighted by Crippen LogP contribution is -2.32. The monoisotopic (exact) mass is 476 g/mol. The summed E-state index contributed by atoms with van der Waals surface area (Å²) >= 11 is 0. The van der Waals surface area contributed by atoms with Crippen molar-refractivity contribution >= 4 is 20.9 Å². The molecule has 2 heterocycles. The smallest absolute Gasteiger partial charge is 0.243 e. The highest BCUT2D eigenvalue weighted by atomic mass is 32.2. The summed E-state index contributed by atoms with van der Waals surface area (Å²) in [7, 11) is -0.609. The first-order valence-electron chi connectivity index (χ1n) is 10.8. The van der Waals surface area contributed by atoms with Crippen LogP contribution in [0, 0.1) is 0 Å². The number of fused-ring (bicyclic) bond motifs is 2. The second kappa shape index (κ2) is 8.96. The number of methoxy groups -OCH3 is 2. The molecule has 0 aliphatic carbocycles. The summed E-state index contributed by atoms with van der Waals surface area (Å²) in [4.78, 5) is 4.77. The Balaban J connectivity index is 1.54. The van der Waals surface area contributed by atoms with Gasteiger partial charge in [-0.25, -0.2) is 8.42 Å². The second-order valence-corrected chi connectivity index (χ2v) is 9.88. The quantitative estimate of drug-likeness (QED) is 0.422. The van der Waals surface area contributed by atoms with Crippen LogP contribution in [0.1, 0.15) is 5.56 Å². The first-order valence-corrected chi connectivity index (χ1v) is 12.3. The average molecular weight is 477 g/mol. The van der Waals surface area contributed by atoms with Gasteiger partial charge < -0.3 is 14.2 Å². The third-order valence-corrected chi connectivity index (χ3v) is 7.77. The maximum atomic E-state index is 13.4. The molecule has 1 aromatic heterocycles. The molecule has 5 rings (SSSR count). The maximum Gasteiger partial charge on any atom is 0.243 e. The van der Waals surface area contributed by atoms with Crippen LogP contribution < -0.4 is 14.2 Å². The molecule has 0 saturated heterocycles. The van der Waals surface area contributed by atoms with Crippen LogP contribution in [0.2, 0.25) is 0 Å². The number of para-hydroxylation sites is 1. The van der Waals surface area contributed by atoms with Crippen molar-refractivity contribution in [2.24, 2.45) is 0 Å². The number of pyridine rings is 1. The van der Waals surface area contributed by atoms with E-state index in [0.717, 1.165) is 27.6 Å². The molecule has 0 radical (unpaired) electrons. The largest absolute Gasteiger partial charge is 0.497 e. The fourth-order valence-electron chi connectivity index (χ4n) is 4.11. The highest BCUT2D eigenvalue weighted by Crippen LogP contribution is 2.39. The minimum atomic E-state index is -3.73. The van der Waals surface area contributed by atoms with Crippen LogP contribution in [0.4, 0.5) is 0 Å². The molecule has 3 aromatic carbocycles. The molecule has 8 heteroatoms. The molecule has 0 atom stereocenters. The van der Waals surface area contributed by atoms with Crippen LogP contribution in [0.5, 0.6) is 17.2 Å². The lowest BCUT2D eigenvalue weighted by molar-refractivity contribution is 0.279. The van der Waals surface area contributed by atoms with Crippen molar-refractivity contribution in [2.75, 3.05) is 27.4 Å². The van der Waals surface area contributed by atoms with E-state index in [2.05, 4.69) is 11.1 Å². The van der Waals surface area contributed by atoms with E-state index in [1.807, 2.05) is 42.6 Å². The normalized spacial score (nSPS) is 14.2. The molecule has 0 spiro atoms. The Morgan fingerprint density at radius 1 is 0.941 bits per heavy atom. The van der Waals surface area contributed by atoms with E-state index < -0.39 is 10.0 Å². The molecule has 7 nitrogen and oxygen atoms in total. The van der Waals surface area contributed by atoms with Gasteiger partial charge in [-0.3, -0.25) is 4.98 Å². The molecular formula is C26H24N2O5S. The van der Waals surface area contributed by atoms with Crippen LogP contribution in [0.25, 0.3) is 22.0 Å². The molecule has 0 N–H and O–H groups in total. The molecule has 0 bridgehead atoms. The van der Waals surface area contributed by atoms with Crippen LogP contribution in [0.15, 0.2) is 77.8 Å². The summed E-state index contributed by atoms with van der Waals surface area (Å²) in [6.45, 7) is 0.601. The SMILES string of the molecule is COc1ccc(S(=O)(=O)N2CCOc3c(cc(-c4cnc5ccccc5c4)cc3OC)C2)cc1. The summed E-state index contributed by atoms with van der Waals surface area (Å²) in [5.74, 6) is 1.72. The molecule has 1 aliphatic heterocycles. The summed E-state index contributed by atoms with van der Waals surface area (Å²) in [5.41, 5.74) is 3.43. The summed E-state index contributed by atoms with van der Waals surface area (Å²) in [6, 6.07) is 20.2. The third kappa shape index (κ3) is 4.06. The van der Waals surface area contributed by atoms with Crippen LogP contribution >= 0.6 is 0 Å². The fraction of sp³-hybridized carbons (Fsp3) is 0.192. The number of hydrogen-bond acceptors (Lipinski definition) is 6. The zero-order valence-corrected chi connectivity index (χ0v) is 19.7. The van der Waals surface area contributed by atoms with Gasteiger partial charge >= 0.3 is 0 Å². The van der Waals surface area contributed by atoms with E-state index in [9.17, 15) is 8.42 Å². The van der Waals surface area contributed by atoms with E-state index in [-0.39, 0.29) is 24.6 Å². The van der Waals surface area contributed by atoms with Gasteiger partial charge in [-0.2, -0.15) is 4.31 Å². The Bertz CT molecular complexity index is 1450. The lowest BCUT2D eigenvalue weighted by Gasteiger charge is -2.20. The van der Waals surface area contributed by atoms with Crippen LogP contribution in [-0.4, -0.2) is 45.1 Å². The van der Waals surface area contributed by atoms with E-state index in [1.54, 1.807) is 38.5 Å². The number of hydrogen-bond donors (Lipinski definition) is 0. The summed E-state index contributed by atoms with van der Waals surface area (Å²) < 4.78 is 45.0. The van der Waals surface area contributed by atoms with Gasteiger partial charge in [0.05, 0.1) is 24.6 Å². The molecular weight excluding hydrogens is 452 g/mol. The molecule has 0 unspecified atom stereocenters. The van der Waals surface area contributed by atoms with E-state index in [4.69, 9.17) is 14.2 Å². The lowest BCUT2D eigenvalue weighted by atomic mass is 10.0. The number of aromatic nitrogens is 1. The zero-order valence-electron chi connectivity index (χ0n) is 18.9. The van der Waals surface area contributed by atoms with Gasteiger partial charge in [0.2, 0.25) is 10.0 Å². The minimum Gasteiger partial charge on any atom is -0.497 e. The molecule has 0 amide bonds. The number of sulfonamides is 1. The van der Waals surface area contributed by atoms with Gasteiger partial charge in [0.15, 0.2) is 11.5 Å². The molecule has 0 saturated carbocycles. The van der Waals surface area contributed by atoms with Gasteiger partial charge in [-0.05, 0) is 54.1 Å². The molecule has 1 aliphatic rings. The Hall–Kier alpha value is -3.62. The van der Waals surface area contributed by atoms with Crippen molar-refractivity contribution in [3.63, 3.8) is 0 Å². The van der Waals surface area contributed by atoms with Crippen molar-refractivity contribution in [3.05, 3.63) is 78.5 Å². The third-order valence-electron chi connectivity index (χ3n) is 5.91. The molecule has 4 aromatic rings. The molecule has 0 fully saturated rings. The Morgan fingerprint density at radius 3 is 2.50 bits per heavy atom. The van der Waals surface area contributed by atoms with Gasteiger partial charge in [-0.1, -0.05) is 18.2 Å². The van der Waals surface area contributed by atoms with Crippen molar-refractivity contribution in [1.29, 1.82) is 0 Å². The van der Waals surface area contributed by atoms with Crippen molar-refractivity contribution < 1.29 is 22.6 Å². The molecule has 34 heavy (non-hydrogen) atoms. The fourth-order valence-corrected chi connectivity index (χ4v) is 5.51.